The average Bonchev–Trinajstić information content (AvgIpc) is 2.38. The normalized spacial score (nSPS) is 23.4. The maximum absolute atomic E-state index is 12.8. The summed E-state index contributed by atoms with van der Waals surface area (Å²) < 4.78 is 17.5. The van der Waals surface area contributed by atoms with Crippen molar-refractivity contribution < 1.29 is 19.0 Å². The first-order valence-corrected chi connectivity index (χ1v) is 5.82. The van der Waals surface area contributed by atoms with Gasteiger partial charge in [0.15, 0.2) is 0 Å². The van der Waals surface area contributed by atoms with Crippen LogP contribution in [0.15, 0.2) is 30.3 Å². The van der Waals surface area contributed by atoms with Crippen LogP contribution in [-0.2, 0) is 9.53 Å². The molecule has 1 aromatic rings. The van der Waals surface area contributed by atoms with E-state index in [0.717, 1.165) is 11.1 Å². The molecule has 1 aliphatic rings. The quantitative estimate of drug-likeness (QED) is 0.818. The highest BCUT2D eigenvalue weighted by molar-refractivity contribution is 5.79. The number of methoxy groups -OCH3 is 1. The molecule has 3 nitrogen and oxygen atoms in total. The van der Waals surface area contributed by atoms with Crippen LogP contribution in [0.1, 0.15) is 18.4 Å². The number of hydrogen-bond donors (Lipinski definition) is 1. The molecule has 18 heavy (non-hydrogen) atoms. The Morgan fingerprint density at radius 1 is 1.39 bits per heavy atom. The standard InChI is InChI=1S/C14H15FO3/c1-18-14(17)11-6-10(7-13(16)8-11)9-2-4-12(15)5-3-9/h2-6,11,13,16H,7-8H2,1H3/t11-,13+/m1/s1. The number of aliphatic hydroxyl groups is 1. The third kappa shape index (κ3) is 2.76. The number of carbonyl (C=O) groups is 1. The molecule has 96 valence electrons. The van der Waals surface area contributed by atoms with Crippen LogP contribution in [0, 0.1) is 11.7 Å². The van der Waals surface area contributed by atoms with Gasteiger partial charge in [-0.3, -0.25) is 4.79 Å². The third-order valence-corrected chi connectivity index (χ3v) is 3.10. The van der Waals surface area contributed by atoms with E-state index < -0.39 is 12.0 Å². The van der Waals surface area contributed by atoms with Crippen molar-refractivity contribution in [1.82, 2.24) is 0 Å². The number of aliphatic hydroxyl groups excluding tert-OH is 1. The molecule has 2 rings (SSSR count). The molecule has 0 heterocycles. The Morgan fingerprint density at radius 2 is 2.06 bits per heavy atom. The highest BCUT2D eigenvalue weighted by Gasteiger charge is 2.27. The molecule has 0 amide bonds. The van der Waals surface area contributed by atoms with Crippen LogP contribution in [-0.4, -0.2) is 24.3 Å². The highest BCUT2D eigenvalue weighted by atomic mass is 19.1. The van der Waals surface area contributed by atoms with Crippen molar-refractivity contribution in [3.05, 3.63) is 41.7 Å². The molecule has 0 saturated heterocycles. The summed E-state index contributed by atoms with van der Waals surface area (Å²) in [6.07, 6.45) is 2.07. The van der Waals surface area contributed by atoms with E-state index in [2.05, 4.69) is 4.74 Å². The Hall–Kier alpha value is -1.68. The van der Waals surface area contributed by atoms with Crippen LogP contribution in [0.25, 0.3) is 5.57 Å². The minimum absolute atomic E-state index is 0.305. The van der Waals surface area contributed by atoms with Crippen molar-refractivity contribution in [2.75, 3.05) is 7.11 Å². The van der Waals surface area contributed by atoms with E-state index in [0.29, 0.717) is 12.8 Å². The molecule has 4 heteroatoms. The van der Waals surface area contributed by atoms with E-state index in [1.54, 1.807) is 18.2 Å². The molecule has 0 unspecified atom stereocenters. The fourth-order valence-corrected chi connectivity index (χ4v) is 2.20. The lowest BCUT2D eigenvalue weighted by molar-refractivity contribution is -0.144. The molecular formula is C14H15FO3. The lowest BCUT2D eigenvalue weighted by Crippen LogP contribution is -2.25. The van der Waals surface area contributed by atoms with Gasteiger partial charge in [0, 0.05) is 0 Å². The maximum Gasteiger partial charge on any atom is 0.312 e. The minimum atomic E-state index is -0.570. The van der Waals surface area contributed by atoms with Gasteiger partial charge >= 0.3 is 5.97 Å². The summed E-state index contributed by atoms with van der Waals surface area (Å²) >= 11 is 0. The van der Waals surface area contributed by atoms with Gasteiger partial charge in [-0.1, -0.05) is 18.2 Å². The van der Waals surface area contributed by atoms with Gasteiger partial charge in [0.05, 0.1) is 19.1 Å². The van der Waals surface area contributed by atoms with Gasteiger partial charge in [0.2, 0.25) is 0 Å². The van der Waals surface area contributed by atoms with Crippen molar-refractivity contribution >= 4 is 11.5 Å². The van der Waals surface area contributed by atoms with E-state index in [-0.39, 0.29) is 11.8 Å². The van der Waals surface area contributed by atoms with E-state index in [4.69, 9.17) is 0 Å². The van der Waals surface area contributed by atoms with Gasteiger partial charge in [-0.25, -0.2) is 4.39 Å². The number of carbonyl (C=O) groups excluding carboxylic acids is 1. The van der Waals surface area contributed by atoms with Crippen molar-refractivity contribution in [2.45, 2.75) is 18.9 Å². The van der Waals surface area contributed by atoms with E-state index in [1.165, 1.54) is 19.2 Å². The summed E-state index contributed by atoms with van der Waals surface area (Å²) in [4.78, 5) is 11.5. The van der Waals surface area contributed by atoms with Crippen molar-refractivity contribution in [3.8, 4) is 0 Å². The van der Waals surface area contributed by atoms with Gasteiger partial charge in [0.1, 0.15) is 5.82 Å². The summed E-state index contributed by atoms with van der Waals surface area (Å²) in [5, 5.41) is 9.79. The highest BCUT2D eigenvalue weighted by Crippen LogP contribution is 2.30. The first kappa shape index (κ1) is 12.8. The monoisotopic (exact) mass is 250 g/mol. The molecule has 1 aliphatic carbocycles. The Labute approximate surface area is 105 Å². The average molecular weight is 250 g/mol. The molecule has 0 fully saturated rings. The topological polar surface area (TPSA) is 46.5 Å². The Balaban J connectivity index is 2.28. The van der Waals surface area contributed by atoms with Gasteiger partial charge in [-0.05, 0) is 36.1 Å². The number of halogens is 1. The van der Waals surface area contributed by atoms with Crippen LogP contribution < -0.4 is 0 Å². The summed E-state index contributed by atoms with van der Waals surface area (Å²) in [5.74, 6) is -1.09. The van der Waals surface area contributed by atoms with Crippen molar-refractivity contribution in [1.29, 1.82) is 0 Å². The second-order valence-corrected chi connectivity index (χ2v) is 4.42. The number of hydrogen-bond acceptors (Lipinski definition) is 3. The van der Waals surface area contributed by atoms with Gasteiger partial charge in [0.25, 0.3) is 0 Å². The molecule has 1 aromatic carbocycles. The zero-order valence-electron chi connectivity index (χ0n) is 10.1. The molecule has 2 atom stereocenters. The number of benzene rings is 1. The van der Waals surface area contributed by atoms with Gasteiger partial charge < -0.3 is 9.84 Å². The number of rotatable bonds is 2. The summed E-state index contributed by atoms with van der Waals surface area (Å²) in [7, 11) is 1.33. The molecule has 0 radical (unpaired) electrons. The Morgan fingerprint density at radius 3 is 2.67 bits per heavy atom. The summed E-state index contributed by atoms with van der Waals surface area (Å²) in [5.41, 5.74) is 1.67. The van der Waals surface area contributed by atoms with Crippen LogP contribution >= 0.6 is 0 Å². The molecule has 0 saturated carbocycles. The SMILES string of the molecule is COC(=O)[C@@H]1C=C(c2ccc(F)cc2)C[C@H](O)C1. The van der Waals surface area contributed by atoms with Crippen LogP contribution in [0.5, 0.6) is 0 Å². The lowest BCUT2D eigenvalue weighted by atomic mass is 9.85. The Bertz CT molecular complexity index is 464. The van der Waals surface area contributed by atoms with Crippen LogP contribution in [0.2, 0.25) is 0 Å². The first-order valence-electron chi connectivity index (χ1n) is 5.82. The minimum Gasteiger partial charge on any atom is -0.469 e. The predicted octanol–water partition coefficient (Wildman–Crippen LogP) is 2.15. The number of esters is 1. The lowest BCUT2D eigenvalue weighted by Gasteiger charge is -2.24. The van der Waals surface area contributed by atoms with E-state index in [1.807, 2.05) is 0 Å². The van der Waals surface area contributed by atoms with Crippen molar-refractivity contribution in [2.24, 2.45) is 5.92 Å². The Kier molecular flexibility index (Phi) is 3.77. The van der Waals surface area contributed by atoms with Gasteiger partial charge in [-0.2, -0.15) is 0 Å². The first-order chi connectivity index (χ1) is 8.60. The van der Waals surface area contributed by atoms with Crippen LogP contribution in [0.3, 0.4) is 0 Å². The third-order valence-electron chi connectivity index (χ3n) is 3.10. The molecule has 0 bridgehead atoms. The van der Waals surface area contributed by atoms with Crippen LogP contribution in [0.4, 0.5) is 4.39 Å². The molecule has 0 aliphatic heterocycles. The molecular weight excluding hydrogens is 235 g/mol. The zero-order chi connectivity index (χ0) is 13.1. The summed E-state index contributed by atoms with van der Waals surface area (Å²) in [6.45, 7) is 0. The molecule has 0 spiro atoms. The largest absolute Gasteiger partial charge is 0.469 e. The van der Waals surface area contributed by atoms with Gasteiger partial charge in [-0.15, -0.1) is 0 Å². The zero-order valence-corrected chi connectivity index (χ0v) is 10.1. The molecule has 0 aromatic heterocycles. The smallest absolute Gasteiger partial charge is 0.312 e. The second-order valence-electron chi connectivity index (χ2n) is 4.42. The second kappa shape index (κ2) is 5.31. The fraction of sp³-hybridized carbons (Fsp3) is 0.357. The molecule has 1 N–H and O–H groups in total. The van der Waals surface area contributed by atoms with E-state index in [9.17, 15) is 14.3 Å². The summed E-state index contributed by atoms with van der Waals surface area (Å²) in [6, 6.07) is 6.02. The fourth-order valence-electron chi connectivity index (χ4n) is 2.20. The van der Waals surface area contributed by atoms with Crippen molar-refractivity contribution in [3.63, 3.8) is 0 Å². The predicted molar refractivity (Wildman–Crippen MR) is 65.1 cm³/mol. The van der Waals surface area contributed by atoms with E-state index >= 15 is 0 Å². The number of ether oxygens (including phenoxy) is 1. The maximum atomic E-state index is 12.8.